The summed E-state index contributed by atoms with van der Waals surface area (Å²) in [5.74, 6) is -1.83. The lowest BCUT2D eigenvalue weighted by atomic mass is 10.1. The predicted octanol–water partition coefficient (Wildman–Crippen LogP) is -0.610. The maximum absolute atomic E-state index is 10.7. The van der Waals surface area contributed by atoms with Crippen LogP contribution in [0, 0.1) is 0 Å². The Morgan fingerprint density at radius 2 is 2.19 bits per heavy atom. The van der Waals surface area contributed by atoms with Crippen molar-refractivity contribution in [3.8, 4) is 0 Å². The molecule has 0 radical (unpaired) electrons. The van der Waals surface area contributed by atoms with E-state index >= 15 is 0 Å². The smallest absolute Gasteiger partial charge is 0.358 e. The van der Waals surface area contributed by atoms with Crippen molar-refractivity contribution in [2.45, 2.75) is 12.2 Å². The third-order valence-electron chi connectivity index (χ3n) is 1.85. The molecule has 2 atom stereocenters. The highest BCUT2D eigenvalue weighted by Crippen LogP contribution is 2.17. The number of aliphatic hydroxyl groups excluding tert-OH is 2. The van der Waals surface area contributed by atoms with Crippen LogP contribution in [-0.4, -0.2) is 43.2 Å². The number of aromatic nitrogens is 2. The second-order valence-corrected chi connectivity index (χ2v) is 3.31. The van der Waals surface area contributed by atoms with Crippen molar-refractivity contribution in [2.75, 3.05) is 11.6 Å². The highest BCUT2D eigenvalue weighted by atomic mass is 35.5. The van der Waals surface area contributed by atoms with Crippen molar-refractivity contribution in [1.29, 1.82) is 0 Å². The van der Waals surface area contributed by atoms with Gasteiger partial charge in [-0.15, -0.1) is 11.6 Å². The molecule has 1 rings (SSSR count). The summed E-state index contributed by atoms with van der Waals surface area (Å²) in [5, 5.41) is 27.5. The molecule has 88 valence electrons. The minimum absolute atomic E-state index is 0.0975. The molecule has 0 aliphatic heterocycles. The Kier molecular flexibility index (Phi) is 3.99. The largest absolute Gasteiger partial charge is 0.476 e. The second kappa shape index (κ2) is 5.06. The van der Waals surface area contributed by atoms with Crippen molar-refractivity contribution in [3.63, 3.8) is 0 Å². The Balaban J connectivity index is 3.07. The molecule has 0 fully saturated rings. The molecule has 2 unspecified atom stereocenters. The van der Waals surface area contributed by atoms with Crippen molar-refractivity contribution >= 4 is 23.4 Å². The lowest BCUT2D eigenvalue weighted by Gasteiger charge is -2.14. The normalized spacial score (nSPS) is 14.4. The summed E-state index contributed by atoms with van der Waals surface area (Å²) < 4.78 is 0. The summed E-state index contributed by atoms with van der Waals surface area (Å²) in [6.07, 6.45) is -1.56. The van der Waals surface area contributed by atoms with Gasteiger partial charge in [-0.2, -0.15) is 0 Å². The molecule has 0 spiro atoms. The van der Waals surface area contributed by atoms with Crippen molar-refractivity contribution in [2.24, 2.45) is 0 Å². The molecular formula is C8H10ClN3O4. The van der Waals surface area contributed by atoms with Crippen molar-refractivity contribution in [1.82, 2.24) is 9.97 Å². The quantitative estimate of drug-likeness (QED) is 0.522. The summed E-state index contributed by atoms with van der Waals surface area (Å²) in [6.45, 7) is 0. The van der Waals surface area contributed by atoms with Gasteiger partial charge in [0.1, 0.15) is 6.10 Å². The zero-order chi connectivity index (χ0) is 12.3. The van der Waals surface area contributed by atoms with Gasteiger partial charge in [0.2, 0.25) is 0 Å². The molecule has 0 aliphatic carbocycles. The molecule has 16 heavy (non-hydrogen) atoms. The number of rotatable bonds is 4. The van der Waals surface area contributed by atoms with Gasteiger partial charge >= 0.3 is 5.97 Å². The van der Waals surface area contributed by atoms with Gasteiger partial charge in [0.25, 0.3) is 0 Å². The fourth-order valence-electron chi connectivity index (χ4n) is 0.993. The number of carboxylic acids is 1. The van der Waals surface area contributed by atoms with E-state index in [0.29, 0.717) is 0 Å². The third-order valence-corrected chi connectivity index (χ3v) is 2.16. The van der Waals surface area contributed by atoms with Crippen LogP contribution in [0.3, 0.4) is 0 Å². The number of nitrogen functional groups attached to an aromatic ring is 1. The fourth-order valence-corrected chi connectivity index (χ4v) is 1.16. The van der Waals surface area contributed by atoms with E-state index in [-0.39, 0.29) is 17.4 Å². The van der Waals surface area contributed by atoms with Crippen LogP contribution < -0.4 is 5.73 Å². The van der Waals surface area contributed by atoms with Crippen LogP contribution in [0.15, 0.2) is 6.20 Å². The molecule has 1 aromatic heterocycles. The van der Waals surface area contributed by atoms with Gasteiger partial charge in [-0.1, -0.05) is 0 Å². The van der Waals surface area contributed by atoms with Gasteiger partial charge < -0.3 is 21.1 Å². The standard InChI is InChI=1S/C8H10ClN3O4/c9-1-4(13)6(14)3-2-11-7(10)5(12-3)8(15)16/h2,4,6,13-14H,1H2,(H2,10,11)(H,15,16). The van der Waals surface area contributed by atoms with Gasteiger partial charge in [-0.3, -0.25) is 0 Å². The monoisotopic (exact) mass is 247 g/mol. The first-order valence-corrected chi connectivity index (χ1v) is 4.78. The zero-order valence-electron chi connectivity index (χ0n) is 8.04. The Bertz CT molecular complexity index is 401. The Morgan fingerprint density at radius 3 is 2.69 bits per heavy atom. The van der Waals surface area contributed by atoms with Crippen LogP contribution >= 0.6 is 11.6 Å². The molecular weight excluding hydrogens is 238 g/mol. The number of aliphatic hydroxyl groups is 2. The lowest BCUT2D eigenvalue weighted by Crippen LogP contribution is -2.22. The third kappa shape index (κ3) is 2.57. The van der Waals surface area contributed by atoms with Crippen molar-refractivity contribution in [3.05, 3.63) is 17.6 Å². The molecule has 7 nitrogen and oxygen atoms in total. The summed E-state index contributed by atoms with van der Waals surface area (Å²) in [4.78, 5) is 17.8. The van der Waals surface area contributed by atoms with Gasteiger partial charge in [0.05, 0.1) is 23.9 Å². The number of nitrogens with zero attached hydrogens (tertiary/aromatic N) is 2. The molecule has 5 N–H and O–H groups in total. The van der Waals surface area contributed by atoms with Crippen molar-refractivity contribution < 1.29 is 20.1 Å². The van der Waals surface area contributed by atoms with E-state index in [4.69, 9.17) is 22.4 Å². The molecule has 0 aliphatic rings. The summed E-state index contributed by atoms with van der Waals surface area (Å²) in [7, 11) is 0. The van der Waals surface area contributed by atoms with Crippen LogP contribution in [0.1, 0.15) is 22.3 Å². The Labute approximate surface area is 95.5 Å². The molecule has 1 heterocycles. The molecule has 0 amide bonds. The van der Waals surface area contributed by atoms with Gasteiger partial charge in [-0.25, -0.2) is 14.8 Å². The molecule has 0 saturated carbocycles. The molecule has 0 saturated heterocycles. The molecule has 1 aromatic rings. The minimum atomic E-state index is -1.40. The fraction of sp³-hybridized carbons (Fsp3) is 0.375. The summed E-state index contributed by atoms with van der Waals surface area (Å²) >= 11 is 5.33. The number of anilines is 1. The first kappa shape index (κ1) is 12.6. The van der Waals surface area contributed by atoms with E-state index in [2.05, 4.69) is 9.97 Å². The zero-order valence-corrected chi connectivity index (χ0v) is 8.79. The molecule has 0 aromatic carbocycles. The van der Waals surface area contributed by atoms with E-state index < -0.39 is 23.9 Å². The van der Waals surface area contributed by atoms with Gasteiger partial charge in [0.15, 0.2) is 11.5 Å². The highest BCUT2D eigenvalue weighted by Gasteiger charge is 2.22. The molecule has 0 bridgehead atoms. The van der Waals surface area contributed by atoms with E-state index in [1.54, 1.807) is 0 Å². The maximum atomic E-state index is 10.7. The SMILES string of the molecule is Nc1ncc(C(O)C(O)CCl)nc1C(=O)O. The number of carboxylic acid groups (broad SMARTS) is 1. The van der Waals surface area contributed by atoms with Crippen LogP contribution in [-0.2, 0) is 0 Å². The maximum Gasteiger partial charge on any atom is 0.358 e. The summed E-state index contributed by atoms with van der Waals surface area (Å²) in [5.41, 5.74) is 4.70. The van der Waals surface area contributed by atoms with Crippen LogP contribution in [0.4, 0.5) is 5.82 Å². The van der Waals surface area contributed by atoms with Crippen LogP contribution in [0.2, 0.25) is 0 Å². The number of carbonyl (C=O) groups is 1. The van der Waals surface area contributed by atoms with Gasteiger partial charge in [0, 0.05) is 0 Å². The predicted molar refractivity (Wildman–Crippen MR) is 55.1 cm³/mol. The number of alkyl halides is 1. The average Bonchev–Trinajstić information content (AvgIpc) is 2.27. The second-order valence-electron chi connectivity index (χ2n) is 3.00. The van der Waals surface area contributed by atoms with Crippen LogP contribution in [0.25, 0.3) is 0 Å². The number of aromatic carboxylic acids is 1. The number of nitrogens with two attached hydrogens (primary N) is 1. The van der Waals surface area contributed by atoms with E-state index in [1.807, 2.05) is 0 Å². The first-order chi connectivity index (χ1) is 7.47. The molecule has 8 heteroatoms. The van der Waals surface area contributed by atoms with E-state index in [9.17, 15) is 15.0 Å². The van der Waals surface area contributed by atoms with E-state index in [0.717, 1.165) is 6.20 Å². The number of halogens is 1. The topological polar surface area (TPSA) is 130 Å². The highest BCUT2D eigenvalue weighted by molar-refractivity contribution is 6.18. The van der Waals surface area contributed by atoms with E-state index in [1.165, 1.54) is 0 Å². The lowest BCUT2D eigenvalue weighted by molar-refractivity contribution is 0.0295. The Morgan fingerprint density at radius 1 is 1.56 bits per heavy atom. The first-order valence-electron chi connectivity index (χ1n) is 4.25. The summed E-state index contributed by atoms with van der Waals surface area (Å²) in [6, 6.07) is 0. The average molecular weight is 248 g/mol. The number of hydrogen-bond acceptors (Lipinski definition) is 6. The Hall–Kier alpha value is -1.44. The minimum Gasteiger partial charge on any atom is -0.476 e. The van der Waals surface area contributed by atoms with Crippen LogP contribution in [0.5, 0.6) is 0 Å². The number of hydrogen-bond donors (Lipinski definition) is 4. The van der Waals surface area contributed by atoms with Gasteiger partial charge in [-0.05, 0) is 0 Å².